The molecule has 6 nitrogen and oxygen atoms in total. The summed E-state index contributed by atoms with van der Waals surface area (Å²) in [5.74, 6) is 0. The summed E-state index contributed by atoms with van der Waals surface area (Å²) in [5.41, 5.74) is 0.826. The second-order valence-electron chi connectivity index (χ2n) is 4.64. The molecule has 0 N–H and O–H groups in total. The van der Waals surface area contributed by atoms with Gasteiger partial charge in [-0.15, -0.1) is 0 Å². The number of ether oxygens (including phenoxy) is 1. The molecule has 2 aromatic rings. The monoisotopic (exact) mass is 293 g/mol. The molecule has 1 aromatic heterocycles. The minimum atomic E-state index is -3.46. The maximum absolute atomic E-state index is 12.3. The zero-order valence-corrected chi connectivity index (χ0v) is 11.8. The third-order valence-electron chi connectivity index (χ3n) is 3.37. The number of methoxy groups -OCH3 is 1. The van der Waals surface area contributed by atoms with Crippen LogP contribution in [0.2, 0.25) is 0 Å². The first kappa shape index (κ1) is 13.3. The predicted molar refractivity (Wildman–Crippen MR) is 73.1 cm³/mol. The van der Waals surface area contributed by atoms with Crippen LogP contribution in [0.1, 0.15) is 0 Å². The summed E-state index contributed by atoms with van der Waals surface area (Å²) in [6.45, 7) is 0.796. The molecule has 106 valence electrons. The summed E-state index contributed by atoms with van der Waals surface area (Å²) in [5, 5.41) is 4.11. The van der Waals surface area contributed by atoms with Gasteiger partial charge in [-0.2, -0.15) is 9.40 Å². The molecule has 1 aliphatic rings. The van der Waals surface area contributed by atoms with E-state index in [4.69, 9.17) is 4.74 Å². The number of sulfonamides is 1. The fraction of sp³-hybridized carbons (Fsp3) is 0.308. The first-order valence-electron chi connectivity index (χ1n) is 6.24. The smallest absolute Gasteiger partial charge is 0.246 e. The van der Waals surface area contributed by atoms with Crippen molar-refractivity contribution in [2.24, 2.45) is 0 Å². The van der Waals surface area contributed by atoms with Crippen LogP contribution >= 0.6 is 0 Å². The Morgan fingerprint density at radius 3 is 2.60 bits per heavy atom. The average Bonchev–Trinajstić information content (AvgIpc) is 2.88. The van der Waals surface area contributed by atoms with Crippen LogP contribution in [0.15, 0.2) is 47.6 Å². The van der Waals surface area contributed by atoms with Crippen molar-refractivity contribution in [1.82, 2.24) is 14.1 Å². The van der Waals surface area contributed by atoms with Crippen molar-refractivity contribution in [3.8, 4) is 5.69 Å². The Balaban J connectivity index is 1.84. The second-order valence-corrected chi connectivity index (χ2v) is 6.57. The van der Waals surface area contributed by atoms with Gasteiger partial charge in [0.1, 0.15) is 4.90 Å². The number of para-hydroxylation sites is 1. The van der Waals surface area contributed by atoms with Gasteiger partial charge in [-0.05, 0) is 12.1 Å². The van der Waals surface area contributed by atoms with Crippen molar-refractivity contribution in [2.45, 2.75) is 11.0 Å². The number of aromatic nitrogens is 2. The van der Waals surface area contributed by atoms with Crippen molar-refractivity contribution in [1.29, 1.82) is 0 Å². The lowest BCUT2D eigenvalue weighted by molar-refractivity contribution is 0.0125. The van der Waals surface area contributed by atoms with Crippen LogP contribution in [0.25, 0.3) is 5.69 Å². The van der Waals surface area contributed by atoms with E-state index in [0.717, 1.165) is 5.69 Å². The van der Waals surface area contributed by atoms with Crippen molar-refractivity contribution in [3.05, 3.63) is 42.7 Å². The molecule has 3 rings (SSSR count). The molecule has 0 radical (unpaired) electrons. The summed E-state index contributed by atoms with van der Waals surface area (Å²) in [4.78, 5) is 0.205. The van der Waals surface area contributed by atoms with E-state index in [-0.39, 0.29) is 11.0 Å². The lowest BCUT2D eigenvalue weighted by atomic mass is 10.2. The molecule has 1 fully saturated rings. The van der Waals surface area contributed by atoms with Crippen molar-refractivity contribution in [2.75, 3.05) is 20.2 Å². The Morgan fingerprint density at radius 1 is 1.25 bits per heavy atom. The summed E-state index contributed by atoms with van der Waals surface area (Å²) in [7, 11) is -1.88. The van der Waals surface area contributed by atoms with Crippen LogP contribution in [0.3, 0.4) is 0 Å². The Morgan fingerprint density at radius 2 is 1.95 bits per heavy atom. The van der Waals surface area contributed by atoms with Crippen LogP contribution in [0.4, 0.5) is 0 Å². The Hall–Kier alpha value is -1.70. The fourth-order valence-corrected chi connectivity index (χ4v) is 3.49. The molecule has 1 aliphatic heterocycles. The number of hydrogen-bond acceptors (Lipinski definition) is 4. The average molecular weight is 293 g/mol. The van der Waals surface area contributed by atoms with Crippen molar-refractivity contribution in [3.63, 3.8) is 0 Å². The number of rotatable bonds is 4. The van der Waals surface area contributed by atoms with Gasteiger partial charge < -0.3 is 4.74 Å². The lowest BCUT2D eigenvalue weighted by Gasteiger charge is -2.36. The summed E-state index contributed by atoms with van der Waals surface area (Å²) >= 11 is 0. The minimum Gasteiger partial charge on any atom is -0.379 e. The molecule has 0 aliphatic carbocycles. The van der Waals surface area contributed by atoms with Crippen LogP contribution in [-0.2, 0) is 14.8 Å². The summed E-state index contributed by atoms with van der Waals surface area (Å²) in [6, 6.07) is 9.39. The third-order valence-corrected chi connectivity index (χ3v) is 5.15. The molecule has 0 bridgehead atoms. The fourth-order valence-electron chi connectivity index (χ4n) is 2.06. The van der Waals surface area contributed by atoms with Gasteiger partial charge in [-0.3, -0.25) is 0 Å². The van der Waals surface area contributed by atoms with Crippen LogP contribution in [-0.4, -0.2) is 48.8 Å². The zero-order chi connectivity index (χ0) is 14.2. The Bertz CT molecular complexity index is 691. The Kier molecular flexibility index (Phi) is 3.33. The molecule has 1 aromatic carbocycles. The standard InChI is InChI=1S/C13H15N3O3S/c1-19-12-8-15(9-12)20(17,18)13-7-14-16(10-13)11-5-3-2-4-6-11/h2-7,10,12H,8-9H2,1H3. The predicted octanol–water partition coefficient (Wildman–Crippen LogP) is 0.892. The zero-order valence-electron chi connectivity index (χ0n) is 11.0. The number of hydrogen-bond donors (Lipinski definition) is 0. The first-order chi connectivity index (χ1) is 9.61. The normalized spacial score (nSPS) is 17.1. The van der Waals surface area contributed by atoms with E-state index in [1.165, 1.54) is 16.7 Å². The summed E-state index contributed by atoms with van der Waals surface area (Å²) in [6.07, 6.45) is 2.90. The number of nitrogens with zero attached hydrogens (tertiary/aromatic N) is 3. The van der Waals surface area contributed by atoms with E-state index in [0.29, 0.717) is 13.1 Å². The van der Waals surface area contributed by atoms with E-state index in [1.54, 1.807) is 11.8 Å². The van der Waals surface area contributed by atoms with E-state index in [9.17, 15) is 8.42 Å². The minimum absolute atomic E-state index is 0.00561. The number of benzene rings is 1. The van der Waals surface area contributed by atoms with Gasteiger partial charge in [0.25, 0.3) is 0 Å². The quantitative estimate of drug-likeness (QED) is 0.840. The van der Waals surface area contributed by atoms with Crippen LogP contribution in [0.5, 0.6) is 0 Å². The molecule has 1 saturated heterocycles. The maximum atomic E-state index is 12.3. The topological polar surface area (TPSA) is 64.4 Å². The summed E-state index contributed by atoms with van der Waals surface area (Å²) < 4.78 is 32.7. The van der Waals surface area contributed by atoms with Crippen molar-refractivity contribution < 1.29 is 13.2 Å². The third kappa shape index (κ3) is 2.24. The molecule has 0 spiro atoms. The molecule has 2 heterocycles. The van der Waals surface area contributed by atoms with Gasteiger partial charge in [0, 0.05) is 20.2 Å². The van der Waals surface area contributed by atoms with Gasteiger partial charge >= 0.3 is 0 Å². The van der Waals surface area contributed by atoms with E-state index >= 15 is 0 Å². The van der Waals surface area contributed by atoms with Gasteiger partial charge in [-0.25, -0.2) is 13.1 Å². The molecule has 7 heteroatoms. The highest BCUT2D eigenvalue weighted by Crippen LogP contribution is 2.23. The van der Waals surface area contributed by atoms with Crippen molar-refractivity contribution >= 4 is 10.0 Å². The van der Waals surface area contributed by atoms with Crippen LogP contribution < -0.4 is 0 Å². The highest BCUT2D eigenvalue weighted by atomic mass is 32.2. The van der Waals surface area contributed by atoms with E-state index in [2.05, 4.69) is 5.10 Å². The maximum Gasteiger partial charge on any atom is 0.246 e. The van der Waals surface area contributed by atoms with Gasteiger partial charge in [0.15, 0.2) is 0 Å². The highest BCUT2D eigenvalue weighted by Gasteiger charge is 2.37. The van der Waals surface area contributed by atoms with E-state index in [1.807, 2.05) is 30.3 Å². The molecular formula is C13H15N3O3S. The first-order valence-corrected chi connectivity index (χ1v) is 7.68. The molecule has 0 unspecified atom stereocenters. The molecule has 20 heavy (non-hydrogen) atoms. The van der Waals surface area contributed by atoms with Gasteiger partial charge in [0.2, 0.25) is 10.0 Å². The SMILES string of the molecule is COC1CN(S(=O)(=O)c2cnn(-c3ccccc3)c2)C1. The molecule has 0 saturated carbocycles. The molecule has 0 amide bonds. The molecular weight excluding hydrogens is 278 g/mol. The largest absolute Gasteiger partial charge is 0.379 e. The molecule has 0 atom stereocenters. The van der Waals surface area contributed by atoms with Crippen LogP contribution in [0, 0.1) is 0 Å². The van der Waals surface area contributed by atoms with Gasteiger partial charge in [-0.1, -0.05) is 18.2 Å². The lowest BCUT2D eigenvalue weighted by Crippen LogP contribution is -2.54. The Labute approximate surface area is 117 Å². The highest BCUT2D eigenvalue weighted by molar-refractivity contribution is 7.89. The second kappa shape index (κ2) is 5.01. The van der Waals surface area contributed by atoms with E-state index < -0.39 is 10.0 Å². The van der Waals surface area contributed by atoms with Gasteiger partial charge in [0.05, 0.1) is 24.2 Å².